The van der Waals surface area contributed by atoms with Crippen molar-refractivity contribution in [3.05, 3.63) is 64.7 Å². The highest BCUT2D eigenvalue weighted by Crippen LogP contribution is 2.51. The molecule has 1 fully saturated rings. The van der Waals surface area contributed by atoms with Gasteiger partial charge in [0.1, 0.15) is 5.75 Å². The molecule has 1 saturated carbocycles. The largest absolute Gasteiger partial charge is 0.507 e. The Morgan fingerprint density at radius 1 is 1.11 bits per heavy atom. The van der Waals surface area contributed by atoms with E-state index in [1.165, 1.54) is 12.1 Å². The molecule has 37 heavy (non-hydrogen) atoms. The maximum Gasteiger partial charge on any atom is 0.252 e. The number of ketones is 3. The summed E-state index contributed by atoms with van der Waals surface area (Å²) in [5.41, 5.74) is 11.3. The molecule has 0 radical (unpaired) electrons. The zero-order valence-electron chi connectivity index (χ0n) is 20.6. The molecule has 6 N–H and O–H groups in total. The van der Waals surface area contributed by atoms with Crippen LogP contribution in [-0.2, 0) is 27.3 Å². The van der Waals surface area contributed by atoms with Crippen molar-refractivity contribution in [2.45, 2.75) is 31.0 Å². The van der Waals surface area contributed by atoms with E-state index < -0.39 is 58.2 Å². The second kappa shape index (κ2) is 8.72. The number of primary amides is 1. The van der Waals surface area contributed by atoms with E-state index in [-0.39, 0.29) is 17.7 Å². The number of rotatable bonds is 4. The Hall–Kier alpha value is -3.66. The number of hydrogen-bond donors (Lipinski definition) is 4. The molecule has 3 aliphatic carbocycles. The Kier molecular flexibility index (Phi) is 5.90. The lowest BCUT2D eigenvalue weighted by Crippen LogP contribution is -2.68. The molecule has 192 valence electrons. The van der Waals surface area contributed by atoms with Gasteiger partial charge in [0.05, 0.1) is 17.1 Å². The van der Waals surface area contributed by atoms with Gasteiger partial charge in [0, 0.05) is 18.5 Å². The molecular formula is C28H29N3O6. The average Bonchev–Trinajstić information content (AvgIpc) is 2.86. The van der Waals surface area contributed by atoms with Crippen molar-refractivity contribution >= 4 is 23.3 Å². The lowest BCUT2D eigenvalue weighted by Gasteiger charge is -2.51. The van der Waals surface area contributed by atoms with Crippen LogP contribution < -0.4 is 11.5 Å². The topological polar surface area (TPSA) is 164 Å². The third kappa shape index (κ3) is 3.57. The molecule has 2 aromatic rings. The number of likely N-dealkylation sites (N-methyl/N-ethyl adjacent to an activating group) is 1. The fourth-order valence-electron chi connectivity index (χ4n) is 6.37. The van der Waals surface area contributed by atoms with Crippen molar-refractivity contribution < 1.29 is 29.4 Å². The van der Waals surface area contributed by atoms with Gasteiger partial charge in [-0.25, -0.2) is 0 Å². The van der Waals surface area contributed by atoms with Crippen molar-refractivity contribution in [1.82, 2.24) is 4.90 Å². The fraction of sp³-hybridized carbons (Fsp3) is 0.357. The first-order valence-corrected chi connectivity index (χ1v) is 12.2. The SMILES string of the molecule is CN(C)[C@@H]1C=C(C(N)=O)C(=O)[C@@]2(O)C(=O)C3C(=O)c4c(O)ccc(-c5ccc(CN)cc5)c4C[C@H]3C[C@@H]12. The Bertz CT molecular complexity index is 1380. The molecule has 5 atom stereocenters. The first kappa shape index (κ1) is 25.0. The second-order valence-electron chi connectivity index (χ2n) is 10.4. The van der Waals surface area contributed by atoms with Crippen molar-refractivity contribution in [3.8, 4) is 16.9 Å². The van der Waals surface area contributed by atoms with Crippen LogP contribution in [0.1, 0.15) is 27.9 Å². The lowest BCUT2D eigenvalue weighted by molar-refractivity contribution is -0.168. The van der Waals surface area contributed by atoms with Crippen LogP contribution in [0.4, 0.5) is 0 Å². The third-order valence-corrected chi connectivity index (χ3v) is 8.21. The summed E-state index contributed by atoms with van der Waals surface area (Å²) in [6, 6.07) is 10.1. The van der Waals surface area contributed by atoms with Crippen LogP contribution in [0.25, 0.3) is 11.1 Å². The quantitative estimate of drug-likeness (QED) is 0.350. The fourth-order valence-corrected chi connectivity index (χ4v) is 6.37. The minimum atomic E-state index is -2.56. The molecule has 1 unspecified atom stereocenters. The summed E-state index contributed by atoms with van der Waals surface area (Å²) in [6.07, 6.45) is 1.90. The van der Waals surface area contributed by atoms with E-state index in [4.69, 9.17) is 11.5 Å². The summed E-state index contributed by atoms with van der Waals surface area (Å²) in [5.74, 6) is -6.64. The van der Waals surface area contributed by atoms with Crippen LogP contribution in [0.5, 0.6) is 5.75 Å². The van der Waals surface area contributed by atoms with E-state index in [0.29, 0.717) is 18.5 Å². The number of Topliss-reactive ketones (excluding diaryl/α,β-unsaturated/α-hetero) is 3. The minimum absolute atomic E-state index is 0.0233. The van der Waals surface area contributed by atoms with Gasteiger partial charge in [0.15, 0.2) is 17.2 Å². The van der Waals surface area contributed by atoms with Crippen molar-refractivity contribution in [3.63, 3.8) is 0 Å². The Balaban J connectivity index is 1.63. The van der Waals surface area contributed by atoms with Gasteiger partial charge in [0.25, 0.3) is 5.91 Å². The molecule has 0 aromatic heterocycles. The van der Waals surface area contributed by atoms with Gasteiger partial charge >= 0.3 is 0 Å². The number of carbonyl (C=O) groups is 4. The summed E-state index contributed by atoms with van der Waals surface area (Å²) in [7, 11) is 3.43. The van der Waals surface area contributed by atoms with E-state index in [2.05, 4.69) is 0 Å². The molecule has 0 aliphatic heterocycles. The Morgan fingerprint density at radius 3 is 2.38 bits per heavy atom. The average molecular weight is 504 g/mol. The number of phenols is 1. The zero-order valence-corrected chi connectivity index (χ0v) is 20.6. The van der Waals surface area contributed by atoms with Crippen LogP contribution in [0.3, 0.4) is 0 Å². The van der Waals surface area contributed by atoms with Crippen molar-refractivity contribution in [2.24, 2.45) is 29.2 Å². The molecule has 0 bridgehead atoms. The number of aromatic hydroxyl groups is 1. The van der Waals surface area contributed by atoms with E-state index in [9.17, 15) is 29.4 Å². The second-order valence-corrected chi connectivity index (χ2v) is 10.4. The van der Waals surface area contributed by atoms with E-state index >= 15 is 0 Å². The van der Waals surface area contributed by atoms with Crippen LogP contribution in [0, 0.1) is 17.8 Å². The number of amides is 1. The lowest BCUT2D eigenvalue weighted by atomic mass is 9.54. The number of fused-ring (bicyclic) bond motifs is 3. The summed E-state index contributed by atoms with van der Waals surface area (Å²) in [4.78, 5) is 54.6. The van der Waals surface area contributed by atoms with E-state index in [0.717, 1.165) is 16.7 Å². The molecule has 0 saturated heterocycles. The molecule has 2 aromatic carbocycles. The number of nitrogens with two attached hydrogens (primary N) is 2. The first-order chi connectivity index (χ1) is 17.5. The van der Waals surface area contributed by atoms with Crippen LogP contribution in [-0.4, -0.2) is 64.1 Å². The number of hydrogen-bond acceptors (Lipinski definition) is 8. The maximum atomic E-state index is 13.8. The monoisotopic (exact) mass is 503 g/mol. The molecule has 9 nitrogen and oxygen atoms in total. The van der Waals surface area contributed by atoms with Gasteiger partial charge < -0.3 is 26.6 Å². The summed E-state index contributed by atoms with van der Waals surface area (Å²) < 4.78 is 0. The maximum absolute atomic E-state index is 13.8. The zero-order chi connectivity index (χ0) is 26.8. The molecule has 0 heterocycles. The van der Waals surface area contributed by atoms with Gasteiger partial charge in [-0.3, -0.25) is 19.2 Å². The van der Waals surface area contributed by atoms with Crippen molar-refractivity contribution in [2.75, 3.05) is 14.1 Å². The van der Waals surface area contributed by atoms with Crippen LogP contribution in [0.2, 0.25) is 0 Å². The molecular weight excluding hydrogens is 474 g/mol. The highest BCUT2D eigenvalue weighted by molar-refractivity contribution is 6.32. The predicted molar refractivity (Wildman–Crippen MR) is 134 cm³/mol. The minimum Gasteiger partial charge on any atom is -0.507 e. The molecule has 5 rings (SSSR count). The summed E-state index contributed by atoms with van der Waals surface area (Å²) in [5, 5.41) is 22.3. The van der Waals surface area contributed by atoms with Gasteiger partial charge in [-0.1, -0.05) is 36.4 Å². The summed E-state index contributed by atoms with van der Waals surface area (Å²) >= 11 is 0. The molecule has 0 spiro atoms. The van der Waals surface area contributed by atoms with Crippen molar-refractivity contribution in [1.29, 1.82) is 0 Å². The highest BCUT2D eigenvalue weighted by atomic mass is 16.3. The first-order valence-electron chi connectivity index (χ1n) is 12.2. The normalized spacial score (nSPS) is 28.9. The van der Waals surface area contributed by atoms with Gasteiger partial charge in [-0.15, -0.1) is 0 Å². The number of nitrogens with zero attached hydrogens (tertiary/aromatic N) is 1. The third-order valence-electron chi connectivity index (χ3n) is 8.21. The summed E-state index contributed by atoms with van der Waals surface area (Å²) in [6.45, 7) is 0.389. The predicted octanol–water partition coefficient (Wildman–Crippen LogP) is 0.734. The number of benzene rings is 2. The Morgan fingerprint density at radius 2 is 1.78 bits per heavy atom. The number of aliphatic hydroxyl groups is 1. The van der Waals surface area contributed by atoms with Gasteiger partial charge in [-0.2, -0.15) is 0 Å². The van der Waals surface area contributed by atoms with E-state index in [1.807, 2.05) is 24.3 Å². The smallest absolute Gasteiger partial charge is 0.252 e. The van der Waals surface area contributed by atoms with Gasteiger partial charge in [-0.05, 0) is 61.2 Å². The Labute approximate surface area is 213 Å². The van der Waals surface area contributed by atoms with Gasteiger partial charge in [0.2, 0.25) is 5.78 Å². The molecule has 3 aliphatic rings. The molecule has 9 heteroatoms. The highest BCUT2D eigenvalue weighted by Gasteiger charge is 2.65. The number of phenolic OH excluding ortho intramolecular Hbond substituents is 1. The number of carbonyl (C=O) groups excluding carboxylic acids is 4. The van der Waals surface area contributed by atoms with E-state index in [1.54, 1.807) is 25.1 Å². The van der Waals surface area contributed by atoms with Crippen LogP contribution >= 0.6 is 0 Å². The molecule has 1 amide bonds. The van der Waals surface area contributed by atoms with Crippen LogP contribution in [0.15, 0.2) is 48.0 Å². The standard InChI is InChI=1S/C28H29N3O6/c1-31(2)20-11-18(27(30)36)25(34)28(37)19(20)10-15-9-17-16(14-5-3-13(12-29)4-6-14)7-8-21(32)23(17)24(33)22(15)26(28)35/h3-8,11,15,19-20,22,32,37H,9-10,12,29H2,1-2H3,(H2,30,36)/t15-,19-,20+,22?,28+/m0/s1.